The van der Waals surface area contributed by atoms with Crippen molar-refractivity contribution in [2.24, 2.45) is 0 Å². The van der Waals surface area contributed by atoms with E-state index in [-0.39, 0.29) is 12.5 Å². The number of hydrogen-bond donors (Lipinski definition) is 1. The van der Waals surface area contributed by atoms with Gasteiger partial charge in [-0.15, -0.1) is 0 Å². The van der Waals surface area contributed by atoms with Crippen molar-refractivity contribution in [1.82, 2.24) is 4.90 Å². The molecular formula is C24H31NO5. The molecule has 30 heavy (non-hydrogen) atoms. The Morgan fingerprint density at radius 2 is 1.57 bits per heavy atom. The van der Waals surface area contributed by atoms with Gasteiger partial charge in [0.25, 0.3) is 0 Å². The molecule has 0 spiro atoms. The second kappa shape index (κ2) is 10.1. The Hall–Kier alpha value is -3.02. The van der Waals surface area contributed by atoms with Crippen molar-refractivity contribution in [3.63, 3.8) is 0 Å². The zero-order valence-electron chi connectivity index (χ0n) is 18.3. The maximum absolute atomic E-state index is 12.6. The van der Waals surface area contributed by atoms with E-state index in [2.05, 4.69) is 0 Å². The lowest BCUT2D eigenvalue weighted by molar-refractivity contribution is -0.143. The summed E-state index contributed by atoms with van der Waals surface area (Å²) in [4.78, 5) is 25.9. The Balaban J connectivity index is 2.09. The van der Waals surface area contributed by atoms with Gasteiger partial charge in [-0.3, -0.25) is 4.90 Å². The van der Waals surface area contributed by atoms with Gasteiger partial charge in [-0.05, 0) is 57.9 Å². The van der Waals surface area contributed by atoms with Gasteiger partial charge in [-0.1, -0.05) is 42.5 Å². The lowest BCUT2D eigenvalue weighted by Crippen LogP contribution is -2.51. The van der Waals surface area contributed by atoms with E-state index in [9.17, 15) is 14.7 Å². The molecule has 0 saturated carbocycles. The summed E-state index contributed by atoms with van der Waals surface area (Å²) < 4.78 is 11.2. The molecule has 6 heteroatoms. The van der Waals surface area contributed by atoms with Gasteiger partial charge in [-0.2, -0.15) is 0 Å². The number of nitrogens with zero attached hydrogens (tertiary/aromatic N) is 1. The summed E-state index contributed by atoms with van der Waals surface area (Å²) >= 11 is 0. The molecule has 0 aliphatic rings. The number of carbonyl (C=O) groups is 2. The highest BCUT2D eigenvalue weighted by Crippen LogP contribution is 2.20. The second-order valence-electron chi connectivity index (χ2n) is 8.46. The molecule has 0 aliphatic heterocycles. The first kappa shape index (κ1) is 23.3. The number of carboxylic acid groups (broad SMARTS) is 1. The average molecular weight is 414 g/mol. The van der Waals surface area contributed by atoms with Crippen LogP contribution < -0.4 is 4.74 Å². The normalized spacial score (nSPS) is 12.3. The van der Waals surface area contributed by atoms with E-state index in [1.54, 1.807) is 34.6 Å². The molecule has 0 aliphatic carbocycles. The summed E-state index contributed by atoms with van der Waals surface area (Å²) in [7, 11) is 0. The second-order valence-corrected chi connectivity index (χ2v) is 8.46. The molecule has 0 heterocycles. The lowest BCUT2D eigenvalue weighted by atomic mass is 10.0. The van der Waals surface area contributed by atoms with Gasteiger partial charge in [0.1, 0.15) is 24.0 Å². The van der Waals surface area contributed by atoms with Gasteiger partial charge in [0.15, 0.2) is 0 Å². The quantitative estimate of drug-likeness (QED) is 0.666. The third-order valence-electron chi connectivity index (χ3n) is 4.38. The molecule has 1 N–H and O–H groups in total. The molecule has 0 unspecified atom stereocenters. The van der Waals surface area contributed by atoms with Crippen LogP contribution in [0.3, 0.4) is 0 Å². The number of rotatable bonds is 8. The first-order chi connectivity index (χ1) is 14.1. The number of amides is 1. The first-order valence-corrected chi connectivity index (χ1v) is 10.1. The maximum Gasteiger partial charge on any atom is 0.411 e. The average Bonchev–Trinajstić information content (AvgIpc) is 2.66. The molecule has 2 aromatic carbocycles. The summed E-state index contributed by atoms with van der Waals surface area (Å²) in [5, 5.41) is 9.79. The van der Waals surface area contributed by atoms with Crippen LogP contribution in [-0.4, -0.2) is 39.8 Å². The number of hydrogen-bond acceptors (Lipinski definition) is 4. The van der Waals surface area contributed by atoms with E-state index >= 15 is 0 Å². The minimum absolute atomic E-state index is 0.172. The van der Waals surface area contributed by atoms with Crippen molar-refractivity contribution in [2.75, 3.05) is 0 Å². The van der Waals surface area contributed by atoms with Crippen molar-refractivity contribution < 1.29 is 24.2 Å². The predicted octanol–water partition coefficient (Wildman–Crippen LogP) is 4.91. The van der Waals surface area contributed by atoms with Crippen LogP contribution in [0, 0.1) is 0 Å². The van der Waals surface area contributed by atoms with E-state index in [0.29, 0.717) is 12.4 Å². The van der Waals surface area contributed by atoms with Crippen molar-refractivity contribution in [3.05, 3.63) is 65.7 Å². The zero-order valence-corrected chi connectivity index (χ0v) is 18.3. The third-order valence-corrected chi connectivity index (χ3v) is 4.38. The van der Waals surface area contributed by atoms with Crippen LogP contribution in [-0.2, 0) is 22.6 Å². The maximum atomic E-state index is 12.6. The smallest absolute Gasteiger partial charge is 0.411 e. The molecule has 0 fully saturated rings. The summed E-state index contributed by atoms with van der Waals surface area (Å²) in [5.74, 6) is -0.374. The summed E-state index contributed by atoms with van der Waals surface area (Å²) in [5.41, 5.74) is 1.16. The highest BCUT2D eigenvalue weighted by molar-refractivity contribution is 5.80. The van der Waals surface area contributed by atoms with Crippen LogP contribution >= 0.6 is 0 Å². The van der Waals surface area contributed by atoms with Crippen molar-refractivity contribution in [3.8, 4) is 5.75 Å². The van der Waals surface area contributed by atoms with E-state index in [4.69, 9.17) is 9.47 Å². The van der Waals surface area contributed by atoms with Gasteiger partial charge < -0.3 is 14.6 Å². The Labute approximate surface area is 178 Å². The molecule has 2 aromatic rings. The molecule has 1 amide bonds. The molecule has 2 rings (SSSR count). The highest BCUT2D eigenvalue weighted by Gasteiger charge is 2.34. The Bertz CT molecular complexity index is 825. The molecule has 0 bridgehead atoms. The SMILES string of the molecule is CC(C)N(C(=O)OC(C)(C)C)[C@@H](Cc1ccc(OCc2ccccc2)cc1)C(=O)O. The zero-order chi connectivity index (χ0) is 22.3. The van der Waals surface area contributed by atoms with Crippen molar-refractivity contribution in [1.29, 1.82) is 0 Å². The lowest BCUT2D eigenvalue weighted by Gasteiger charge is -2.34. The van der Waals surface area contributed by atoms with Crippen LogP contribution in [0.15, 0.2) is 54.6 Å². The topological polar surface area (TPSA) is 76.1 Å². The van der Waals surface area contributed by atoms with Crippen LogP contribution in [0.25, 0.3) is 0 Å². The predicted molar refractivity (Wildman–Crippen MR) is 116 cm³/mol. The highest BCUT2D eigenvalue weighted by atomic mass is 16.6. The summed E-state index contributed by atoms with van der Waals surface area (Å²) in [6.07, 6.45) is -0.459. The molecule has 162 valence electrons. The summed E-state index contributed by atoms with van der Waals surface area (Å²) in [6, 6.07) is 15.8. The van der Waals surface area contributed by atoms with Crippen molar-refractivity contribution >= 4 is 12.1 Å². The Morgan fingerprint density at radius 1 is 0.967 bits per heavy atom. The number of aliphatic carboxylic acids is 1. The van der Waals surface area contributed by atoms with Crippen LogP contribution in [0.2, 0.25) is 0 Å². The Morgan fingerprint density at radius 3 is 2.07 bits per heavy atom. The van der Waals surface area contributed by atoms with Crippen LogP contribution in [0.5, 0.6) is 5.75 Å². The van der Waals surface area contributed by atoms with Gasteiger partial charge in [0.05, 0.1) is 0 Å². The van der Waals surface area contributed by atoms with E-state index < -0.39 is 23.7 Å². The summed E-state index contributed by atoms with van der Waals surface area (Å²) in [6.45, 7) is 9.28. The minimum Gasteiger partial charge on any atom is -0.489 e. The molecule has 0 saturated heterocycles. The van der Waals surface area contributed by atoms with Crippen LogP contribution in [0.4, 0.5) is 4.79 Å². The van der Waals surface area contributed by atoms with Crippen molar-refractivity contribution in [2.45, 2.75) is 65.3 Å². The number of ether oxygens (including phenoxy) is 2. The van der Waals surface area contributed by atoms with Gasteiger partial charge in [0, 0.05) is 12.5 Å². The third kappa shape index (κ3) is 7.10. The molecule has 1 atom stereocenters. The largest absolute Gasteiger partial charge is 0.489 e. The monoisotopic (exact) mass is 413 g/mol. The van der Waals surface area contributed by atoms with E-state index in [1.165, 1.54) is 4.90 Å². The molecule has 6 nitrogen and oxygen atoms in total. The number of carboxylic acids is 1. The van der Waals surface area contributed by atoms with Crippen LogP contribution in [0.1, 0.15) is 45.7 Å². The fourth-order valence-electron chi connectivity index (χ4n) is 3.00. The van der Waals surface area contributed by atoms with Gasteiger partial charge in [0.2, 0.25) is 0 Å². The fraction of sp³-hybridized carbons (Fsp3) is 0.417. The Kier molecular flexibility index (Phi) is 7.86. The van der Waals surface area contributed by atoms with E-state index in [0.717, 1.165) is 11.1 Å². The van der Waals surface area contributed by atoms with E-state index in [1.807, 2.05) is 54.6 Å². The number of carbonyl (C=O) groups excluding carboxylic acids is 1. The number of benzene rings is 2. The first-order valence-electron chi connectivity index (χ1n) is 10.1. The molecule has 0 aromatic heterocycles. The minimum atomic E-state index is -1.07. The molecular weight excluding hydrogens is 382 g/mol. The standard InChI is InChI=1S/C24H31NO5/c1-17(2)25(23(28)30-24(3,4)5)21(22(26)27)15-18-11-13-20(14-12-18)29-16-19-9-7-6-8-10-19/h6-14,17,21H,15-16H2,1-5H3,(H,26,27)/t21-/m0/s1. The van der Waals surface area contributed by atoms with Gasteiger partial charge in [-0.25, -0.2) is 9.59 Å². The fourth-order valence-corrected chi connectivity index (χ4v) is 3.00. The van der Waals surface area contributed by atoms with Gasteiger partial charge >= 0.3 is 12.1 Å². The molecule has 0 radical (unpaired) electrons.